The molecule has 1 N–H and O–H groups in total. The van der Waals surface area contributed by atoms with E-state index in [0.717, 1.165) is 32.4 Å². The average Bonchev–Trinajstić information content (AvgIpc) is 2.50. The van der Waals surface area contributed by atoms with Crippen molar-refractivity contribution in [3.8, 4) is 0 Å². The molecule has 3 heteroatoms. The zero-order valence-electron chi connectivity index (χ0n) is 8.49. The first-order valence-electron chi connectivity index (χ1n) is 5.08. The summed E-state index contributed by atoms with van der Waals surface area (Å²) in [6.07, 6.45) is 3.08. The third-order valence-corrected chi connectivity index (χ3v) is 2.56. The number of hydrogen-bond donors (Lipinski definition) is 1. The van der Waals surface area contributed by atoms with Crippen LogP contribution in [0.5, 0.6) is 0 Å². The van der Waals surface area contributed by atoms with E-state index in [1.807, 2.05) is 0 Å². The number of nitrogens with zero attached hydrogens (tertiary/aromatic N) is 1. The number of likely N-dealkylation sites (tertiary alicyclic amines) is 1. The molecule has 1 aliphatic heterocycles. The standard InChI is InChI=1S/C10H19NO2/c1-8(2)7-9(10(12)13)11-5-3-4-6-11/h8-9H,3-7H2,1-2H3,(H,12,13). The molecular formula is C10H19NO2. The van der Waals surface area contributed by atoms with E-state index in [1.54, 1.807) is 0 Å². The Morgan fingerprint density at radius 1 is 1.38 bits per heavy atom. The molecule has 13 heavy (non-hydrogen) atoms. The van der Waals surface area contributed by atoms with Crippen molar-refractivity contribution in [2.24, 2.45) is 5.92 Å². The van der Waals surface area contributed by atoms with Crippen LogP contribution in [0.15, 0.2) is 0 Å². The van der Waals surface area contributed by atoms with Crippen molar-refractivity contribution in [2.45, 2.75) is 39.2 Å². The maximum absolute atomic E-state index is 11.0. The highest BCUT2D eigenvalue weighted by atomic mass is 16.4. The van der Waals surface area contributed by atoms with Gasteiger partial charge in [0.25, 0.3) is 0 Å². The molecule has 1 atom stereocenters. The van der Waals surface area contributed by atoms with Gasteiger partial charge in [0.1, 0.15) is 6.04 Å². The Labute approximate surface area is 79.7 Å². The maximum Gasteiger partial charge on any atom is 0.320 e. The van der Waals surface area contributed by atoms with Crippen LogP contribution < -0.4 is 0 Å². The molecule has 0 spiro atoms. The van der Waals surface area contributed by atoms with Crippen LogP contribution in [0.1, 0.15) is 33.1 Å². The molecule has 3 nitrogen and oxygen atoms in total. The molecule has 0 bridgehead atoms. The van der Waals surface area contributed by atoms with Crippen molar-refractivity contribution in [3.05, 3.63) is 0 Å². The third-order valence-electron chi connectivity index (χ3n) is 2.56. The highest BCUT2D eigenvalue weighted by Gasteiger charge is 2.27. The average molecular weight is 185 g/mol. The number of rotatable bonds is 4. The maximum atomic E-state index is 11.0. The second-order valence-corrected chi connectivity index (χ2v) is 4.23. The van der Waals surface area contributed by atoms with E-state index in [2.05, 4.69) is 18.7 Å². The quantitative estimate of drug-likeness (QED) is 0.723. The van der Waals surface area contributed by atoms with Gasteiger partial charge < -0.3 is 5.11 Å². The molecule has 1 heterocycles. The van der Waals surface area contributed by atoms with Crippen LogP contribution in [0, 0.1) is 5.92 Å². The van der Waals surface area contributed by atoms with Crippen molar-refractivity contribution >= 4 is 5.97 Å². The minimum absolute atomic E-state index is 0.248. The van der Waals surface area contributed by atoms with E-state index in [-0.39, 0.29) is 6.04 Å². The fourth-order valence-electron chi connectivity index (χ4n) is 1.91. The van der Waals surface area contributed by atoms with Crippen molar-refractivity contribution in [2.75, 3.05) is 13.1 Å². The molecule has 1 rings (SSSR count). The van der Waals surface area contributed by atoms with Crippen LogP contribution in [0.3, 0.4) is 0 Å². The summed E-state index contributed by atoms with van der Waals surface area (Å²) in [7, 11) is 0. The molecule has 0 aromatic rings. The molecule has 0 aromatic heterocycles. The SMILES string of the molecule is CC(C)CC(C(=O)O)N1CCCC1. The van der Waals surface area contributed by atoms with E-state index >= 15 is 0 Å². The van der Waals surface area contributed by atoms with Crippen molar-refractivity contribution in [1.29, 1.82) is 0 Å². The van der Waals surface area contributed by atoms with Gasteiger partial charge in [-0.3, -0.25) is 9.69 Å². The van der Waals surface area contributed by atoms with Gasteiger partial charge in [0.2, 0.25) is 0 Å². The van der Waals surface area contributed by atoms with Crippen molar-refractivity contribution in [3.63, 3.8) is 0 Å². The summed E-state index contributed by atoms with van der Waals surface area (Å²) in [4.78, 5) is 13.1. The molecule has 0 aliphatic carbocycles. The van der Waals surface area contributed by atoms with Gasteiger partial charge >= 0.3 is 5.97 Å². The molecule has 0 saturated carbocycles. The Balaban J connectivity index is 2.50. The summed E-state index contributed by atoms with van der Waals surface area (Å²) in [5, 5.41) is 9.04. The van der Waals surface area contributed by atoms with Crippen LogP contribution in [-0.2, 0) is 4.79 Å². The smallest absolute Gasteiger partial charge is 0.320 e. The first-order valence-corrected chi connectivity index (χ1v) is 5.08. The molecule has 1 unspecified atom stereocenters. The summed E-state index contributed by atoms with van der Waals surface area (Å²) < 4.78 is 0. The van der Waals surface area contributed by atoms with Gasteiger partial charge in [-0.25, -0.2) is 0 Å². The van der Waals surface area contributed by atoms with Gasteiger partial charge in [0.15, 0.2) is 0 Å². The summed E-state index contributed by atoms with van der Waals surface area (Å²) >= 11 is 0. The predicted molar refractivity (Wildman–Crippen MR) is 51.7 cm³/mol. The fraction of sp³-hybridized carbons (Fsp3) is 0.900. The Kier molecular flexibility index (Phi) is 3.72. The van der Waals surface area contributed by atoms with E-state index in [0.29, 0.717) is 5.92 Å². The predicted octanol–water partition coefficient (Wildman–Crippen LogP) is 1.58. The van der Waals surface area contributed by atoms with Crippen LogP contribution in [0.4, 0.5) is 0 Å². The van der Waals surface area contributed by atoms with Gasteiger partial charge in [-0.2, -0.15) is 0 Å². The number of carboxylic acid groups (broad SMARTS) is 1. The lowest BCUT2D eigenvalue weighted by Crippen LogP contribution is -2.40. The minimum atomic E-state index is -0.657. The molecule has 1 saturated heterocycles. The number of aliphatic carboxylic acids is 1. The van der Waals surface area contributed by atoms with Crippen molar-refractivity contribution in [1.82, 2.24) is 4.90 Å². The monoisotopic (exact) mass is 185 g/mol. The molecule has 1 fully saturated rings. The Morgan fingerprint density at radius 3 is 2.31 bits per heavy atom. The zero-order valence-corrected chi connectivity index (χ0v) is 8.49. The van der Waals surface area contributed by atoms with Gasteiger partial charge in [-0.05, 0) is 38.3 Å². The summed E-state index contributed by atoms with van der Waals surface area (Å²) in [5.74, 6) is -0.197. The number of hydrogen-bond acceptors (Lipinski definition) is 2. The second-order valence-electron chi connectivity index (χ2n) is 4.23. The fourth-order valence-corrected chi connectivity index (χ4v) is 1.91. The van der Waals surface area contributed by atoms with Crippen LogP contribution in [0.2, 0.25) is 0 Å². The lowest BCUT2D eigenvalue weighted by Gasteiger charge is -2.24. The van der Waals surface area contributed by atoms with E-state index < -0.39 is 5.97 Å². The largest absolute Gasteiger partial charge is 0.480 e. The minimum Gasteiger partial charge on any atom is -0.480 e. The normalized spacial score (nSPS) is 20.8. The van der Waals surface area contributed by atoms with E-state index in [9.17, 15) is 4.79 Å². The first kappa shape index (κ1) is 10.5. The van der Waals surface area contributed by atoms with Gasteiger partial charge in [0, 0.05) is 0 Å². The van der Waals surface area contributed by atoms with Gasteiger partial charge in [0.05, 0.1) is 0 Å². The van der Waals surface area contributed by atoms with Crippen LogP contribution in [0.25, 0.3) is 0 Å². The van der Waals surface area contributed by atoms with E-state index in [4.69, 9.17) is 5.11 Å². The zero-order chi connectivity index (χ0) is 9.84. The Bertz CT molecular complexity index is 174. The highest BCUT2D eigenvalue weighted by Crippen LogP contribution is 2.17. The number of carbonyl (C=O) groups is 1. The van der Waals surface area contributed by atoms with Gasteiger partial charge in [-0.1, -0.05) is 13.8 Å². The highest BCUT2D eigenvalue weighted by molar-refractivity contribution is 5.73. The van der Waals surface area contributed by atoms with Crippen LogP contribution >= 0.6 is 0 Å². The lowest BCUT2D eigenvalue weighted by molar-refractivity contribution is -0.143. The first-order chi connectivity index (χ1) is 6.11. The Morgan fingerprint density at radius 2 is 1.92 bits per heavy atom. The second kappa shape index (κ2) is 4.61. The summed E-state index contributed by atoms with van der Waals surface area (Å²) in [5.41, 5.74) is 0. The van der Waals surface area contributed by atoms with E-state index in [1.165, 1.54) is 0 Å². The number of carboxylic acids is 1. The van der Waals surface area contributed by atoms with Crippen molar-refractivity contribution < 1.29 is 9.90 Å². The Hall–Kier alpha value is -0.570. The molecule has 0 aromatic carbocycles. The lowest BCUT2D eigenvalue weighted by atomic mass is 10.0. The van der Waals surface area contributed by atoms with Gasteiger partial charge in [-0.15, -0.1) is 0 Å². The molecular weight excluding hydrogens is 166 g/mol. The topological polar surface area (TPSA) is 40.5 Å². The molecule has 1 aliphatic rings. The molecule has 0 radical (unpaired) electrons. The molecule has 76 valence electrons. The summed E-state index contributed by atoms with van der Waals surface area (Å²) in [6.45, 7) is 6.07. The third kappa shape index (κ3) is 2.99. The molecule has 0 amide bonds. The summed E-state index contributed by atoms with van der Waals surface area (Å²) in [6, 6.07) is -0.248. The van der Waals surface area contributed by atoms with Crippen LogP contribution in [-0.4, -0.2) is 35.1 Å².